The van der Waals surface area contributed by atoms with E-state index in [1.54, 1.807) is 24.3 Å². The molecule has 0 radical (unpaired) electrons. The molecule has 8 nitrogen and oxygen atoms in total. The summed E-state index contributed by atoms with van der Waals surface area (Å²) in [5, 5.41) is 11.0. The van der Waals surface area contributed by atoms with Gasteiger partial charge in [-0.05, 0) is 12.1 Å². The van der Waals surface area contributed by atoms with E-state index in [0.717, 1.165) is 6.20 Å². The minimum Gasteiger partial charge on any atom is -0.435 e. The van der Waals surface area contributed by atoms with Crippen LogP contribution in [-0.4, -0.2) is 19.9 Å². The largest absolute Gasteiger partial charge is 0.435 e. The molecule has 0 aliphatic carbocycles. The molecule has 3 aromatic rings. The first-order chi connectivity index (χ1) is 11.6. The molecular weight excluding hydrogens is 336 g/mol. The van der Waals surface area contributed by atoms with Gasteiger partial charge in [-0.3, -0.25) is 10.1 Å². The molecule has 0 bridgehead atoms. The number of hydrogen-bond acceptors (Lipinski definition) is 7. The second kappa shape index (κ2) is 6.88. The Morgan fingerprint density at radius 2 is 1.58 bits per heavy atom. The Morgan fingerprint density at radius 1 is 0.917 bits per heavy atom. The van der Waals surface area contributed by atoms with Crippen LogP contribution in [0.15, 0.2) is 55.0 Å². The molecule has 9 heteroatoms. The molecular formula is C15H9ClN4O4. The molecule has 0 aliphatic heterocycles. The van der Waals surface area contributed by atoms with Crippen molar-refractivity contribution in [3.05, 3.63) is 70.1 Å². The lowest BCUT2D eigenvalue weighted by Gasteiger charge is -2.10. The van der Waals surface area contributed by atoms with E-state index >= 15 is 0 Å². The zero-order valence-corrected chi connectivity index (χ0v) is 12.8. The maximum Gasteiger partial charge on any atom is 0.322 e. The predicted octanol–water partition coefficient (Wildman–Crippen LogP) is 4.02. The van der Waals surface area contributed by atoms with Crippen molar-refractivity contribution < 1.29 is 14.4 Å². The van der Waals surface area contributed by atoms with Crippen LogP contribution >= 0.6 is 11.6 Å². The van der Waals surface area contributed by atoms with Crippen molar-refractivity contribution in [3.8, 4) is 23.4 Å². The highest BCUT2D eigenvalue weighted by Gasteiger charge is 2.11. The maximum atomic E-state index is 10.6. The van der Waals surface area contributed by atoms with Crippen molar-refractivity contribution >= 4 is 17.3 Å². The van der Waals surface area contributed by atoms with E-state index in [0.29, 0.717) is 16.5 Å². The van der Waals surface area contributed by atoms with Gasteiger partial charge in [-0.2, -0.15) is 0 Å². The maximum absolute atomic E-state index is 10.6. The lowest BCUT2D eigenvalue weighted by atomic mass is 10.3. The number of hydrogen-bond donors (Lipinski definition) is 0. The fourth-order valence-corrected chi connectivity index (χ4v) is 1.82. The second-order valence-electron chi connectivity index (χ2n) is 4.45. The summed E-state index contributed by atoms with van der Waals surface area (Å²) in [4.78, 5) is 21.9. The van der Waals surface area contributed by atoms with Crippen molar-refractivity contribution in [1.82, 2.24) is 15.0 Å². The molecule has 3 rings (SSSR count). The molecule has 0 saturated heterocycles. The van der Waals surface area contributed by atoms with E-state index in [2.05, 4.69) is 15.0 Å². The highest BCUT2D eigenvalue weighted by Crippen LogP contribution is 2.33. The average Bonchev–Trinajstić information content (AvgIpc) is 2.59. The zero-order chi connectivity index (χ0) is 16.9. The Kier molecular flexibility index (Phi) is 4.48. The molecule has 0 amide bonds. The summed E-state index contributed by atoms with van der Waals surface area (Å²) in [6.07, 6.45) is 3.93. The standard InChI is InChI=1S/C15H9ClN4O4/c16-10-7-18-15(19-8-10)24-13-4-2-1-3-12(13)23-14-6-5-11(9-17-14)20(21)22/h1-9H. The number of halogens is 1. The van der Waals surface area contributed by atoms with Gasteiger partial charge in [-0.25, -0.2) is 15.0 Å². The van der Waals surface area contributed by atoms with Gasteiger partial charge in [0.1, 0.15) is 6.20 Å². The third kappa shape index (κ3) is 3.73. The lowest BCUT2D eigenvalue weighted by Crippen LogP contribution is -1.95. The highest BCUT2D eigenvalue weighted by molar-refractivity contribution is 6.30. The van der Waals surface area contributed by atoms with E-state index < -0.39 is 4.92 Å². The number of rotatable bonds is 5. The quantitative estimate of drug-likeness (QED) is 0.509. The molecule has 0 aliphatic rings. The van der Waals surface area contributed by atoms with Crippen molar-refractivity contribution in [2.24, 2.45) is 0 Å². The minimum absolute atomic E-state index is 0.104. The fourth-order valence-electron chi connectivity index (χ4n) is 1.72. The lowest BCUT2D eigenvalue weighted by molar-refractivity contribution is -0.385. The Labute approximate surface area is 140 Å². The van der Waals surface area contributed by atoms with E-state index in [1.807, 2.05) is 0 Å². The van der Waals surface area contributed by atoms with E-state index in [1.165, 1.54) is 24.5 Å². The summed E-state index contributed by atoms with van der Waals surface area (Å²) in [6.45, 7) is 0. The molecule has 0 fully saturated rings. The van der Waals surface area contributed by atoms with Gasteiger partial charge in [-0.1, -0.05) is 23.7 Å². The van der Waals surface area contributed by atoms with Gasteiger partial charge in [0.15, 0.2) is 11.5 Å². The second-order valence-corrected chi connectivity index (χ2v) is 4.88. The SMILES string of the molecule is O=[N+]([O-])c1ccc(Oc2ccccc2Oc2ncc(Cl)cn2)nc1. The van der Waals surface area contributed by atoms with Crippen LogP contribution in [0.4, 0.5) is 5.69 Å². The van der Waals surface area contributed by atoms with Gasteiger partial charge < -0.3 is 9.47 Å². The van der Waals surface area contributed by atoms with E-state index in [-0.39, 0.29) is 17.6 Å². The number of pyridine rings is 1. The van der Waals surface area contributed by atoms with Gasteiger partial charge in [0.25, 0.3) is 5.69 Å². The molecule has 0 saturated carbocycles. The van der Waals surface area contributed by atoms with Crippen LogP contribution in [0.3, 0.4) is 0 Å². The first-order valence-corrected chi connectivity index (χ1v) is 7.02. The van der Waals surface area contributed by atoms with Crippen LogP contribution in [0, 0.1) is 10.1 Å². The van der Waals surface area contributed by atoms with Gasteiger partial charge in [-0.15, -0.1) is 0 Å². The molecule has 2 heterocycles. The van der Waals surface area contributed by atoms with Crippen LogP contribution in [0.25, 0.3) is 0 Å². The predicted molar refractivity (Wildman–Crippen MR) is 84.5 cm³/mol. The number of para-hydroxylation sites is 2. The van der Waals surface area contributed by atoms with Crippen LogP contribution < -0.4 is 9.47 Å². The van der Waals surface area contributed by atoms with Gasteiger partial charge >= 0.3 is 6.01 Å². The minimum atomic E-state index is -0.536. The summed E-state index contributed by atoms with van der Waals surface area (Å²) in [6, 6.07) is 9.62. The molecule has 1 aromatic carbocycles. The van der Waals surface area contributed by atoms with Crippen LogP contribution in [0.2, 0.25) is 5.02 Å². The van der Waals surface area contributed by atoms with Crippen LogP contribution in [0.1, 0.15) is 0 Å². The normalized spacial score (nSPS) is 10.2. The van der Waals surface area contributed by atoms with Crippen molar-refractivity contribution in [2.75, 3.05) is 0 Å². The van der Waals surface area contributed by atoms with Crippen molar-refractivity contribution in [3.63, 3.8) is 0 Å². The summed E-state index contributed by atoms with van der Waals surface area (Å²) < 4.78 is 11.2. The summed E-state index contributed by atoms with van der Waals surface area (Å²) in [7, 11) is 0. The Balaban J connectivity index is 1.81. The Morgan fingerprint density at radius 3 is 2.17 bits per heavy atom. The van der Waals surface area contributed by atoms with Gasteiger partial charge in [0, 0.05) is 12.1 Å². The number of nitrogens with zero attached hydrogens (tertiary/aromatic N) is 4. The number of nitro groups is 1. The highest BCUT2D eigenvalue weighted by atomic mass is 35.5. The fraction of sp³-hybridized carbons (Fsp3) is 0. The zero-order valence-electron chi connectivity index (χ0n) is 12.0. The Bertz CT molecular complexity index is 856. The third-order valence-corrected chi connectivity index (χ3v) is 2.99. The first-order valence-electron chi connectivity index (χ1n) is 6.64. The molecule has 0 unspecified atom stereocenters. The summed E-state index contributed by atoms with van der Waals surface area (Å²) in [5.41, 5.74) is -0.124. The van der Waals surface area contributed by atoms with Crippen molar-refractivity contribution in [2.45, 2.75) is 0 Å². The van der Waals surface area contributed by atoms with E-state index in [9.17, 15) is 10.1 Å². The first kappa shape index (κ1) is 15.6. The van der Waals surface area contributed by atoms with Crippen LogP contribution in [0.5, 0.6) is 23.4 Å². The van der Waals surface area contributed by atoms with Gasteiger partial charge in [0.2, 0.25) is 5.88 Å². The molecule has 24 heavy (non-hydrogen) atoms. The topological polar surface area (TPSA) is 100 Å². The number of ether oxygens (including phenoxy) is 2. The van der Waals surface area contributed by atoms with Crippen LogP contribution in [-0.2, 0) is 0 Å². The molecule has 0 spiro atoms. The number of benzene rings is 1. The third-order valence-electron chi connectivity index (χ3n) is 2.79. The monoisotopic (exact) mass is 344 g/mol. The number of aromatic nitrogens is 3. The summed E-state index contributed by atoms with van der Waals surface area (Å²) in [5.74, 6) is 0.908. The molecule has 120 valence electrons. The molecule has 0 atom stereocenters. The van der Waals surface area contributed by atoms with Gasteiger partial charge in [0.05, 0.1) is 22.3 Å². The smallest absolute Gasteiger partial charge is 0.322 e. The van der Waals surface area contributed by atoms with Crippen molar-refractivity contribution in [1.29, 1.82) is 0 Å². The molecule has 0 N–H and O–H groups in total. The van der Waals surface area contributed by atoms with E-state index in [4.69, 9.17) is 21.1 Å². The molecule has 2 aromatic heterocycles. The summed E-state index contributed by atoms with van der Waals surface area (Å²) >= 11 is 5.73. The Hall–Kier alpha value is -3.26. The average molecular weight is 345 g/mol.